The molecule has 3 heteroatoms. The average Bonchev–Trinajstić information content (AvgIpc) is 2.38. The quantitative estimate of drug-likeness (QED) is 0.888. The molecular formula is C16H17BrFN. The summed E-state index contributed by atoms with van der Waals surface area (Å²) in [7, 11) is 0. The molecule has 0 aliphatic carbocycles. The van der Waals surface area contributed by atoms with Crippen LogP contribution in [0, 0.1) is 19.7 Å². The van der Waals surface area contributed by atoms with Gasteiger partial charge in [-0.25, -0.2) is 4.39 Å². The molecule has 2 rings (SSSR count). The van der Waals surface area contributed by atoms with Crippen LogP contribution < -0.4 is 5.73 Å². The third-order valence-electron chi connectivity index (χ3n) is 3.52. The van der Waals surface area contributed by atoms with Crippen LogP contribution in [0.5, 0.6) is 0 Å². The van der Waals surface area contributed by atoms with Gasteiger partial charge in [-0.15, -0.1) is 0 Å². The number of hydrogen-bond donors (Lipinski definition) is 1. The Kier molecular flexibility index (Phi) is 4.38. The van der Waals surface area contributed by atoms with Crippen molar-refractivity contribution >= 4 is 15.9 Å². The van der Waals surface area contributed by atoms with E-state index in [4.69, 9.17) is 5.73 Å². The van der Waals surface area contributed by atoms with Crippen LogP contribution in [0.25, 0.3) is 0 Å². The maximum Gasteiger partial charge on any atom is 0.137 e. The first-order valence-electron chi connectivity index (χ1n) is 6.25. The number of nitrogens with two attached hydrogens (primary N) is 1. The molecule has 19 heavy (non-hydrogen) atoms. The van der Waals surface area contributed by atoms with Crippen molar-refractivity contribution in [2.75, 3.05) is 0 Å². The van der Waals surface area contributed by atoms with E-state index in [1.165, 1.54) is 17.2 Å². The first-order valence-corrected chi connectivity index (χ1v) is 7.04. The van der Waals surface area contributed by atoms with Gasteiger partial charge in [0.05, 0.1) is 4.47 Å². The van der Waals surface area contributed by atoms with Gasteiger partial charge in [0.25, 0.3) is 0 Å². The van der Waals surface area contributed by atoms with E-state index in [1.807, 2.05) is 18.2 Å². The molecule has 0 saturated carbocycles. The highest BCUT2D eigenvalue weighted by Crippen LogP contribution is 2.27. The van der Waals surface area contributed by atoms with Crippen molar-refractivity contribution in [2.45, 2.75) is 26.3 Å². The number of hydrogen-bond acceptors (Lipinski definition) is 1. The van der Waals surface area contributed by atoms with Gasteiger partial charge in [0, 0.05) is 6.04 Å². The van der Waals surface area contributed by atoms with E-state index in [2.05, 4.69) is 35.8 Å². The molecule has 2 N–H and O–H groups in total. The van der Waals surface area contributed by atoms with E-state index in [1.54, 1.807) is 6.07 Å². The highest BCUT2D eigenvalue weighted by atomic mass is 79.9. The second-order valence-electron chi connectivity index (χ2n) is 4.81. The number of halogens is 2. The topological polar surface area (TPSA) is 26.0 Å². The van der Waals surface area contributed by atoms with E-state index >= 15 is 0 Å². The maximum absolute atomic E-state index is 13.5. The summed E-state index contributed by atoms with van der Waals surface area (Å²) >= 11 is 3.28. The Morgan fingerprint density at radius 1 is 1.16 bits per heavy atom. The van der Waals surface area contributed by atoms with Gasteiger partial charge >= 0.3 is 0 Å². The van der Waals surface area contributed by atoms with Crippen LogP contribution in [-0.2, 0) is 6.42 Å². The van der Waals surface area contributed by atoms with Crippen LogP contribution in [0.2, 0.25) is 0 Å². The van der Waals surface area contributed by atoms with E-state index in [-0.39, 0.29) is 11.9 Å². The van der Waals surface area contributed by atoms with Crippen LogP contribution in [0.4, 0.5) is 4.39 Å². The molecule has 0 aromatic heterocycles. The fraction of sp³-hybridized carbons (Fsp3) is 0.250. The molecule has 0 spiro atoms. The van der Waals surface area contributed by atoms with Crippen molar-refractivity contribution in [3.8, 4) is 0 Å². The van der Waals surface area contributed by atoms with Crippen LogP contribution in [0.1, 0.15) is 28.3 Å². The zero-order valence-electron chi connectivity index (χ0n) is 11.1. The van der Waals surface area contributed by atoms with Gasteiger partial charge < -0.3 is 5.73 Å². The Labute approximate surface area is 121 Å². The lowest BCUT2D eigenvalue weighted by atomic mass is 9.94. The lowest BCUT2D eigenvalue weighted by molar-refractivity contribution is 0.614. The van der Waals surface area contributed by atoms with E-state index in [9.17, 15) is 4.39 Å². The highest BCUT2D eigenvalue weighted by Gasteiger charge is 2.13. The van der Waals surface area contributed by atoms with Crippen molar-refractivity contribution in [3.63, 3.8) is 0 Å². The molecule has 1 unspecified atom stereocenters. The Hall–Kier alpha value is -1.19. The fourth-order valence-corrected chi connectivity index (χ4v) is 2.65. The lowest BCUT2D eigenvalue weighted by Crippen LogP contribution is -2.15. The Morgan fingerprint density at radius 3 is 2.58 bits per heavy atom. The molecule has 0 aliphatic heterocycles. The summed E-state index contributed by atoms with van der Waals surface area (Å²) in [5.41, 5.74) is 10.7. The molecule has 0 heterocycles. The molecule has 0 saturated heterocycles. The summed E-state index contributed by atoms with van der Waals surface area (Å²) in [6, 6.07) is 11.1. The summed E-state index contributed by atoms with van der Waals surface area (Å²) in [4.78, 5) is 0. The van der Waals surface area contributed by atoms with Gasteiger partial charge in [0.15, 0.2) is 0 Å². The second kappa shape index (κ2) is 5.85. The predicted octanol–water partition coefficient (Wildman–Crippen LogP) is 4.45. The normalized spacial score (nSPS) is 12.5. The predicted molar refractivity (Wildman–Crippen MR) is 80.6 cm³/mol. The minimum absolute atomic E-state index is 0.127. The maximum atomic E-state index is 13.5. The summed E-state index contributed by atoms with van der Waals surface area (Å²) < 4.78 is 14.0. The van der Waals surface area contributed by atoms with Gasteiger partial charge in [-0.3, -0.25) is 0 Å². The van der Waals surface area contributed by atoms with E-state index in [0.717, 1.165) is 11.1 Å². The third-order valence-corrected chi connectivity index (χ3v) is 4.41. The molecule has 0 fully saturated rings. The average molecular weight is 322 g/mol. The number of benzene rings is 2. The molecular weight excluding hydrogens is 305 g/mol. The smallest absolute Gasteiger partial charge is 0.137 e. The SMILES string of the molecule is Cc1cccc(C(N)Cc2cccc(F)c2Br)c1C. The summed E-state index contributed by atoms with van der Waals surface area (Å²) in [6.45, 7) is 4.15. The largest absolute Gasteiger partial charge is 0.324 e. The molecule has 0 aliphatic rings. The van der Waals surface area contributed by atoms with Crippen molar-refractivity contribution in [2.24, 2.45) is 5.73 Å². The van der Waals surface area contributed by atoms with E-state index < -0.39 is 0 Å². The number of rotatable bonds is 3. The number of aryl methyl sites for hydroxylation is 1. The molecule has 100 valence electrons. The first kappa shape index (κ1) is 14.2. The Balaban J connectivity index is 2.28. The van der Waals surface area contributed by atoms with Crippen molar-refractivity contribution in [1.82, 2.24) is 0 Å². The molecule has 1 atom stereocenters. The van der Waals surface area contributed by atoms with Gasteiger partial charge in [-0.1, -0.05) is 30.3 Å². The van der Waals surface area contributed by atoms with Gasteiger partial charge in [-0.2, -0.15) is 0 Å². The standard InChI is InChI=1S/C16H17BrFN/c1-10-5-3-7-13(11(10)2)15(19)9-12-6-4-8-14(18)16(12)17/h3-8,15H,9,19H2,1-2H3. The van der Waals surface area contributed by atoms with Crippen LogP contribution in [0.15, 0.2) is 40.9 Å². The molecule has 1 nitrogen and oxygen atoms in total. The summed E-state index contributed by atoms with van der Waals surface area (Å²) in [5, 5.41) is 0. The monoisotopic (exact) mass is 321 g/mol. The zero-order valence-corrected chi connectivity index (χ0v) is 12.7. The molecule has 2 aromatic carbocycles. The fourth-order valence-electron chi connectivity index (χ4n) is 2.23. The minimum Gasteiger partial charge on any atom is -0.324 e. The Bertz CT molecular complexity index is 595. The van der Waals surface area contributed by atoms with Crippen molar-refractivity contribution in [1.29, 1.82) is 0 Å². The minimum atomic E-state index is -0.245. The summed E-state index contributed by atoms with van der Waals surface area (Å²) in [5.74, 6) is -0.245. The third kappa shape index (κ3) is 3.04. The lowest BCUT2D eigenvalue weighted by Gasteiger charge is -2.17. The van der Waals surface area contributed by atoms with Crippen LogP contribution in [-0.4, -0.2) is 0 Å². The molecule has 2 aromatic rings. The highest BCUT2D eigenvalue weighted by molar-refractivity contribution is 9.10. The second-order valence-corrected chi connectivity index (χ2v) is 5.61. The van der Waals surface area contributed by atoms with Crippen LogP contribution >= 0.6 is 15.9 Å². The Morgan fingerprint density at radius 2 is 1.84 bits per heavy atom. The zero-order chi connectivity index (χ0) is 14.0. The van der Waals surface area contributed by atoms with Gasteiger partial charge in [-0.05, 0) is 64.5 Å². The molecule has 0 amide bonds. The van der Waals surface area contributed by atoms with E-state index in [0.29, 0.717) is 10.9 Å². The molecule has 0 radical (unpaired) electrons. The van der Waals surface area contributed by atoms with Crippen molar-refractivity contribution in [3.05, 3.63) is 68.9 Å². The summed E-state index contributed by atoms with van der Waals surface area (Å²) in [6.07, 6.45) is 0.614. The van der Waals surface area contributed by atoms with Crippen molar-refractivity contribution < 1.29 is 4.39 Å². The van der Waals surface area contributed by atoms with Gasteiger partial charge in [0.2, 0.25) is 0 Å². The molecule has 0 bridgehead atoms. The van der Waals surface area contributed by atoms with Crippen LogP contribution in [0.3, 0.4) is 0 Å². The van der Waals surface area contributed by atoms with Gasteiger partial charge in [0.1, 0.15) is 5.82 Å². The first-order chi connectivity index (χ1) is 9.00.